The van der Waals surface area contributed by atoms with Crippen molar-refractivity contribution in [1.29, 1.82) is 0 Å². The van der Waals surface area contributed by atoms with E-state index in [2.05, 4.69) is 4.90 Å². The average molecular weight is 1890 g/mol. The standard InChI is InChI=1S/C19H21NO3S.C19H20O5.C19H20O4.C15H14O4.C15H12O3.C15H14O3.C9H9FO2/c1-21-17-8-7-15(13-19(24)20-9-11-22-12-10-20)18(14-17)23-16-5-3-2-4-6-16;1-3-23-18(20)12-19(21)11-13-8-9-14(22-2)10-17(13)24-16-7-5-4-6-15(16)19;1-3-22-19(20)11-14-10-13-8-9-15(21-2)12-18(13)23-17-7-5-4-6-16(14)17;1-18-13-8-7-11(9-15(16)17)14(10-13)19-12-5-3-2-4-6-12;1-17-11-7-6-10-8-13(16)12-4-2-3-5-14(12)18-15(10)9-11;1-11(16)14-9-8-13(17-2)10-15(14)18-12-6-4-3-5-7-12;1-6(11)8-4-3-7(12-2)5-9(8)10/h2-8,14H,9-13H2,1H3;4-10,21H,3,11-12H2,1-2H3;4-9,12,14H,3,10-11H2,1-2H3;2-8,10H,9H2,1H3,(H,16,17);2-7,9H,8H2,1H3;3-10H,1-2H3;3-5H,1-2H3. The number of ketones is 3. The van der Waals surface area contributed by atoms with Gasteiger partial charge in [-0.3, -0.25) is 28.8 Å². The summed E-state index contributed by atoms with van der Waals surface area (Å²) >= 11 is 5.62. The topological polar surface area (TPSA) is 294 Å². The molecule has 138 heavy (non-hydrogen) atoms. The average Bonchev–Trinajstić information content (AvgIpc) is 1.63. The monoisotopic (exact) mass is 1890 g/mol. The highest BCUT2D eigenvalue weighted by atomic mass is 32.1. The molecule has 1 fully saturated rings. The molecule has 13 aromatic carbocycles. The van der Waals surface area contributed by atoms with E-state index in [0.717, 1.165) is 106 Å². The van der Waals surface area contributed by atoms with Crippen LogP contribution in [0.5, 0.6) is 109 Å². The highest BCUT2D eigenvalue weighted by Gasteiger charge is 2.39. The number of fused-ring (bicyclic) bond motifs is 6. The molecule has 2 N–H and O–H groups in total. The Morgan fingerprint density at radius 2 is 0.833 bits per heavy atom. The van der Waals surface area contributed by atoms with Gasteiger partial charge in [-0.25, -0.2) is 4.39 Å². The quantitative estimate of drug-likeness (QED) is 0.0305. The number of hydrogen-bond acceptors (Lipinski definition) is 24. The molecule has 0 spiro atoms. The molecule has 4 aliphatic heterocycles. The van der Waals surface area contributed by atoms with Crippen LogP contribution in [0.3, 0.4) is 0 Å². The van der Waals surface area contributed by atoms with Crippen molar-refractivity contribution in [1.82, 2.24) is 4.90 Å². The first-order valence-corrected chi connectivity index (χ1v) is 44.8. The predicted molar refractivity (Wildman–Crippen MR) is 525 cm³/mol. The number of hydrogen-bond donors (Lipinski definition) is 2. The number of benzene rings is 13. The van der Waals surface area contributed by atoms with Gasteiger partial charge in [0.1, 0.15) is 121 Å². The number of halogens is 1. The Bertz CT molecular complexity index is 6290. The van der Waals surface area contributed by atoms with E-state index in [-0.39, 0.29) is 60.7 Å². The van der Waals surface area contributed by atoms with Crippen molar-refractivity contribution in [2.75, 3.05) is 89.3 Å². The van der Waals surface area contributed by atoms with Crippen LogP contribution in [0, 0.1) is 5.82 Å². The molecule has 27 heteroatoms. The molecule has 0 aromatic heterocycles. The Hall–Kier alpha value is -15.6. The highest BCUT2D eigenvalue weighted by molar-refractivity contribution is 7.80. The fourth-order valence-corrected chi connectivity index (χ4v) is 15.1. The minimum atomic E-state index is -1.39. The molecule has 716 valence electrons. The number of carboxylic acids is 1. The van der Waals surface area contributed by atoms with E-state index in [0.29, 0.717) is 117 Å². The molecule has 4 heterocycles. The fourth-order valence-electron chi connectivity index (χ4n) is 14.8. The summed E-state index contributed by atoms with van der Waals surface area (Å²) in [6.07, 6.45) is 2.13. The van der Waals surface area contributed by atoms with Gasteiger partial charge in [0.25, 0.3) is 0 Å². The number of morpholine rings is 1. The van der Waals surface area contributed by atoms with Gasteiger partial charge in [-0.05, 0) is 166 Å². The molecule has 0 amide bonds. The zero-order valence-corrected chi connectivity index (χ0v) is 79.4. The molecule has 1 saturated heterocycles. The van der Waals surface area contributed by atoms with Crippen LogP contribution in [0.25, 0.3) is 0 Å². The lowest BCUT2D eigenvalue weighted by molar-refractivity contribution is -0.149. The number of Topliss-reactive ketones (excluding diaryl/α,β-unsaturated/α-hetero) is 3. The van der Waals surface area contributed by atoms with Gasteiger partial charge >= 0.3 is 17.9 Å². The number of rotatable bonds is 25. The molecular weight excluding hydrogens is 1780 g/mol. The fraction of sp³-hybridized carbons (Fsp3) is 0.234. The second-order valence-electron chi connectivity index (χ2n) is 31.2. The number of thiocarbonyl (C=S) groups is 1. The number of methoxy groups -OCH3 is 7. The molecule has 4 aliphatic rings. The van der Waals surface area contributed by atoms with Gasteiger partial charge in [0, 0.05) is 103 Å². The van der Waals surface area contributed by atoms with Crippen LogP contribution in [0.2, 0.25) is 0 Å². The molecule has 13 aromatic rings. The van der Waals surface area contributed by atoms with E-state index >= 15 is 0 Å². The van der Waals surface area contributed by atoms with Crippen molar-refractivity contribution in [3.8, 4) is 109 Å². The van der Waals surface area contributed by atoms with Gasteiger partial charge in [-0.2, -0.15) is 0 Å². The van der Waals surface area contributed by atoms with E-state index in [1.807, 2.05) is 219 Å². The van der Waals surface area contributed by atoms with Gasteiger partial charge in [0.15, 0.2) is 17.3 Å². The van der Waals surface area contributed by atoms with Crippen LogP contribution in [0.15, 0.2) is 291 Å². The van der Waals surface area contributed by atoms with Crippen molar-refractivity contribution in [3.63, 3.8) is 0 Å². The molecule has 0 aliphatic carbocycles. The van der Waals surface area contributed by atoms with Gasteiger partial charge in [-0.15, -0.1) is 0 Å². The molecule has 2 atom stereocenters. The second-order valence-corrected chi connectivity index (χ2v) is 31.7. The van der Waals surface area contributed by atoms with Crippen LogP contribution in [-0.2, 0) is 66.3 Å². The van der Waals surface area contributed by atoms with E-state index < -0.39 is 23.4 Å². The molecule has 0 saturated carbocycles. The van der Waals surface area contributed by atoms with Crippen LogP contribution < -0.4 is 61.6 Å². The number of esters is 2. The summed E-state index contributed by atoms with van der Waals surface area (Å²) in [6.45, 7) is 10.3. The minimum absolute atomic E-state index is 0.0383. The summed E-state index contributed by atoms with van der Waals surface area (Å²) in [6, 6.07) is 87.7. The third-order valence-electron chi connectivity index (χ3n) is 21.8. The summed E-state index contributed by atoms with van der Waals surface area (Å²) in [7, 11) is 11.1. The van der Waals surface area contributed by atoms with Gasteiger partial charge in [-0.1, -0.05) is 146 Å². The smallest absolute Gasteiger partial charge is 0.309 e. The number of nitrogens with zero attached hydrogens (tertiary/aromatic N) is 1. The Morgan fingerprint density at radius 3 is 1.36 bits per heavy atom. The second kappa shape index (κ2) is 51.8. The van der Waals surface area contributed by atoms with Crippen LogP contribution >= 0.6 is 12.2 Å². The molecule has 17 rings (SSSR count). The summed E-state index contributed by atoms with van der Waals surface area (Å²) in [4.78, 5) is 72.4. The minimum Gasteiger partial charge on any atom is -0.497 e. The third-order valence-corrected chi connectivity index (χ3v) is 22.2. The lowest BCUT2D eigenvalue weighted by Gasteiger charge is -2.29. The molecule has 0 radical (unpaired) electrons. The van der Waals surface area contributed by atoms with Crippen molar-refractivity contribution < 1.29 is 119 Å². The Balaban J connectivity index is 0.000000156. The summed E-state index contributed by atoms with van der Waals surface area (Å²) in [5.74, 6) is 10.3. The predicted octanol–water partition coefficient (Wildman–Crippen LogP) is 23.0. The van der Waals surface area contributed by atoms with Gasteiger partial charge in [0.05, 0.1) is 117 Å². The SMILES string of the molecule is CCOC(=O)CC1(O)Cc2ccc(OC)cc2Oc2ccccc21.CCOC(=O)CC1Cc2ccc(OC)cc2Oc2ccccc21.COc1ccc(C(C)=O)c(F)c1.COc1ccc(C(C)=O)c(Oc2ccccc2)c1.COc1ccc(CC(=O)O)c(Oc2ccccc2)c1.COc1ccc(CC(=S)N2CCOCC2)c(Oc2ccccc2)c1.COc1ccc2c(c1)Oc1ccccc1C(=O)C2. The molecule has 25 nitrogen and oxygen atoms in total. The maximum absolute atomic E-state index is 13.0. The highest BCUT2D eigenvalue weighted by Crippen LogP contribution is 2.47. The Labute approximate surface area is 807 Å². The lowest BCUT2D eigenvalue weighted by atomic mass is 9.84. The number of carboxylic acid groups (broad SMARTS) is 1. The van der Waals surface area contributed by atoms with Crippen molar-refractivity contribution in [3.05, 3.63) is 353 Å². The van der Waals surface area contributed by atoms with Crippen LogP contribution in [0.4, 0.5) is 4.39 Å². The van der Waals surface area contributed by atoms with Crippen molar-refractivity contribution >= 4 is 52.5 Å². The van der Waals surface area contributed by atoms with Crippen molar-refractivity contribution in [2.45, 2.75) is 84.2 Å². The summed E-state index contributed by atoms with van der Waals surface area (Å²) < 4.78 is 100.0. The van der Waals surface area contributed by atoms with E-state index in [1.54, 1.807) is 116 Å². The number of aliphatic carboxylic acids is 1. The normalized spacial score (nSPS) is 13.5. The zero-order chi connectivity index (χ0) is 98.5. The Kier molecular flexibility index (Phi) is 38.6. The lowest BCUT2D eigenvalue weighted by Crippen LogP contribution is -2.40. The first kappa shape index (κ1) is 103. The number of ether oxygens (including phenoxy) is 16. The first-order chi connectivity index (χ1) is 66.8. The van der Waals surface area contributed by atoms with Crippen LogP contribution in [0.1, 0.15) is 116 Å². The maximum atomic E-state index is 13.0. The first-order valence-electron chi connectivity index (χ1n) is 44.4. The van der Waals surface area contributed by atoms with Gasteiger partial charge in [0.2, 0.25) is 0 Å². The summed E-state index contributed by atoms with van der Waals surface area (Å²) in [5.41, 5.74) is 5.91. The zero-order valence-electron chi connectivity index (χ0n) is 78.6. The van der Waals surface area contributed by atoms with E-state index in [1.165, 1.54) is 33.1 Å². The maximum Gasteiger partial charge on any atom is 0.309 e. The molecule has 2 unspecified atom stereocenters. The summed E-state index contributed by atoms with van der Waals surface area (Å²) in [5, 5.41) is 20.2. The number of para-hydroxylation sites is 6. The van der Waals surface area contributed by atoms with Crippen molar-refractivity contribution in [2.24, 2.45) is 0 Å². The van der Waals surface area contributed by atoms with E-state index in [4.69, 9.17) is 93.1 Å². The van der Waals surface area contributed by atoms with Crippen LogP contribution in [-0.4, -0.2) is 145 Å². The van der Waals surface area contributed by atoms with E-state index in [9.17, 15) is 38.3 Å². The largest absolute Gasteiger partial charge is 0.497 e. The molecular formula is C111H110FNO24S. The third kappa shape index (κ3) is 29.7. The number of carbonyl (C=O) groups excluding carboxylic acids is 5. The Morgan fingerprint density at radius 1 is 0.428 bits per heavy atom. The number of carbonyl (C=O) groups is 6. The number of aliphatic hydroxyl groups is 1. The van der Waals surface area contributed by atoms with Gasteiger partial charge < -0.3 is 90.9 Å². The molecule has 0 bridgehead atoms.